The van der Waals surface area contributed by atoms with Crippen molar-refractivity contribution in [3.63, 3.8) is 0 Å². The number of nitrogens with one attached hydrogen (secondary N) is 2. The molecule has 2 N–H and O–H groups in total. The Bertz CT molecular complexity index is 748. The number of nitrogens with zero attached hydrogens (tertiary/aromatic N) is 3. The number of guanidine groups is 1. The molecule has 2 aliphatic rings. The van der Waals surface area contributed by atoms with Crippen LogP contribution in [0.15, 0.2) is 23.2 Å². The molecule has 1 saturated heterocycles. The van der Waals surface area contributed by atoms with Crippen LogP contribution < -0.4 is 15.5 Å². The highest BCUT2D eigenvalue weighted by atomic mass is 127. The highest BCUT2D eigenvalue weighted by Gasteiger charge is 2.42. The number of benzene rings is 1. The van der Waals surface area contributed by atoms with Gasteiger partial charge in [0.15, 0.2) is 5.96 Å². The quantitative estimate of drug-likeness (QED) is 0.346. The van der Waals surface area contributed by atoms with Crippen molar-refractivity contribution >= 4 is 41.5 Å². The van der Waals surface area contributed by atoms with Crippen LogP contribution in [0.5, 0.6) is 0 Å². The summed E-state index contributed by atoms with van der Waals surface area (Å²) in [4.78, 5) is 20.4. The van der Waals surface area contributed by atoms with Crippen LogP contribution in [0.4, 0.5) is 14.5 Å². The van der Waals surface area contributed by atoms with Crippen molar-refractivity contribution in [2.24, 2.45) is 10.4 Å². The zero-order valence-electron chi connectivity index (χ0n) is 17.9. The lowest BCUT2D eigenvalue weighted by atomic mass is 9.84. The maximum absolute atomic E-state index is 14.1. The number of rotatable bonds is 5. The van der Waals surface area contributed by atoms with E-state index in [1.807, 2.05) is 0 Å². The molecule has 1 amide bonds. The number of hydrogen-bond acceptors (Lipinski definition) is 3. The number of hydrogen-bond donors (Lipinski definition) is 2. The van der Waals surface area contributed by atoms with Gasteiger partial charge in [0.25, 0.3) is 0 Å². The van der Waals surface area contributed by atoms with Gasteiger partial charge in [0.1, 0.15) is 17.3 Å². The number of carbonyl (C=O) groups excluding carboxylic acids is 1. The summed E-state index contributed by atoms with van der Waals surface area (Å²) in [5, 5.41) is 6.66. The first-order valence-corrected chi connectivity index (χ1v) is 10.2. The molecule has 168 valence electrons. The van der Waals surface area contributed by atoms with Gasteiger partial charge in [0.05, 0.1) is 5.41 Å². The van der Waals surface area contributed by atoms with E-state index in [4.69, 9.17) is 0 Å². The molecule has 1 aromatic carbocycles. The van der Waals surface area contributed by atoms with Crippen molar-refractivity contribution < 1.29 is 13.6 Å². The van der Waals surface area contributed by atoms with Crippen LogP contribution in [0, 0.1) is 17.0 Å². The third-order valence-corrected chi connectivity index (χ3v) is 6.02. The van der Waals surface area contributed by atoms with Crippen LogP contribution in [0.1, 0.15) is 32.1 Å². The van der Waals surface area contributed by atoms with Crippen LogP contribution in [0.25, 0.3) is 0 Å². The van der Waals surface area contributed by atoms with E-state index >= 15 is 0 Å². The second-order valence-corrected chi connectivity index (χ2v) is 8.26. The number of carbonyl (C=O) groups is 1. The smallest absolute Gasteiger partial charge is 0.230 e. The lowest BCUT2D eigenvalue weighted by molar-refractivity contribution is -0.138. The standard InChI is InChI=1S/C21H31F2N5O.HI/c1-24-20(25-14-21(10-4-5-11-21)19(29)27(2)3)26-15-9-12-28(13-15)18-16(22)7-6-8-17(18)23;/h6-8,15H,4-5,9-14H2,1-3H3,(H2,24,25,26);1H. The van der Waals surface area contributed by atoms with Gasteiger partial charge in [-0.05, 0) is 31.4 Å². The number of anilines is 1. The van der Waals surface area contributed by atoms with Crippen molar-refractivity contribution in [2.45, 2.75) is 38.1 Å². The van der Waals surface area contributed by atoms with Gasteiger partial charge < -0.3 is 20.4 Å². The first-order chi connectivity index (χ1) is 13.9. The Morgan fingerprint density at radius 1 is 1.27 bits per heavy atom. The monoisotopic (exact) mass is 535 g/mol. The van der Waals surface area contributed by atoms with E-state index in [2.05, 4.69) is 15.6 Å². The molecule has 2 fully saturated rings. The van der Waals surface area contributed by atoms with Gasteiger partial charge in [0.2, 0.25) is 5.91 Å². The molecule has 1 heterocycles. The Morgan fingerprint density at radius 2 is 1.90 bits per heavy atom. The van der Waals surface area contributed by atoms with Crippen LogP contribution >= 0.6 is 24.0 Å². The normalized spacial score (nSPS) is 20.6. The van der Waals surface area contributed by atoms with Crippen LogP contribution in [0.2, 0.25) is 0 Å². The molecular weight excluding hydrogens is 503 g/mol. The molecule has 3 rings (SSSR count). The SMILES string of the molecule is CN=C(NCC1(C(=O)N(C)C)CCCC1)NC1CCN(c2c(F)cccc2F)C1.I. The molecule has 0 radical (unpaired) electrons. The molecule has 0 spiro atoms. The fourth-order valence-electron chi connectivity index (χ4n) is 4.51. The molecule has 1 atom stereocenters. The van der Waals surface area contributed by atoms with Gasteiger partial charge in [-0.15, -0.1) is 24.0 Å². The number of halogens is 3. The Kier molecular flexibility index (Phi) is 8.69. The highest BCUT2D eigenvalue weighted by molar-refractivity contribution is 14.0. The zero-order valence-corrected chi connectivity index (χ0v) is 20.2. The van der Waals surface area contributed by atoms with Gasteiger partial charge in [-0.25, -0.2) is 8.78 Å². The van der Waals surface area contributed by atoms with E-state index < -0.39 is 11.6 Å². The number of amides is 1. The van der Waals surface area contributed by atoms with Gasteiger partial charge >= 0.3 is 0 Å². The van der Waals surface area contributed by atoms with Crippen molar-refractivity contribution in [1.82, 2.24) is 15.5 Å². The average molecular weight is 535 g/mol. The minimum absolute atomic E-state index is 0. The summed E-state index contributed by atoms with van der Waals surface area (Å²) in [6.07, 6.45) is 4.60. The van der Waals surface area contributed by atoms with Gasteiger partial charge in [0, 0.05) is 46.8 Å². The molecule has 30 heavy (non-hydrogen) atoms. The molecule has 1 saturated carbocycles. The van der Waals surface area contributed by atoms with E-state index in [0.29, 0.717) is 25.6 Å². The maximum Gasteiger partial charge on any atom is 0.230 e. The predicted octanol–water partition coefficient (Wildman–Crippen LogP) is 2.98. The van der Waals surface area contributed by atoms with E-state index in [1.165, 1.54) is 18.2 Å². The van der Waals surface area contributed by atoms with Crippen molar-refractivity contribution in [3.05, 3.63) is 29.8 Å². The predicted molar refractivity (Wildman–Crippen MR) is 126 cm³/mol. The van der Waals surface area contributed by atoms with Crippen molar-refractivity contribution in [3.8, 4) is 0 Å². The molecule has 1 aliphatic carbocycles. The summed E-state index contributed by atoms with van der Waals surface area (Å²) in [6.45, 7) is 1.58. The first kappa shape index (κ1) is 24.6. The Labute approximate surface area is 194 Å². The minimum Gasteiger partial charge on any atom is -0.365 e. The Hall–Kier alpha value is -1.65. The minimum atomic E-state index is -0.543. The van der Waals surface area contributed by atoms with Crippen molar-refractivity contribution in [1.29, 1.82) is 0 Å². The summed E-state index contributed by atoms with van der Waals surface area (Å²) in [6, 6.07) is 3.95. The Balaban J connectivity index is 0.00000320. The molecule has 0 bridgehead atoms. The second kappa shape index (κ2) is 10.6. The zero-order chi connectivity index (χ0) is 21.0. The first-order valence-electron chi connectivity index (χ1n) is 10.2. The molecular formula is C21H32F2IN5O. The van der Waals surface area contributed by atoms with Crippen LogP contribution in [-0.4, -0.2) is 63.6 Å². The third-order valence-electron chi connectivity index (χ3n) is 6.02. The van der Waals surface area contributed by atoms with Crippen LogP contribution in [0.3, 0.4) is 0 Å². The topological polar surface area (TPSA) is 60.0 Å². The lowest BCUT2D eigenvalue weighted by Gasteiger charge is -2.31. The Morgan fingerprint density at radius 3 is 2.47 bits per heavy atom. The third kappa shape index (κ3) is 5.33. The lowest BCUT2D eigenvalue weighted by Crippen LogP contribution is -2.51. The molecule has 6 nitrogen and oxygen atoms in total. The largest absolute Gasteiger partial charge is 0.365 e. The van der Waals surface area contributed by atoms with E-state index in [0.717, 1.165) is 32.1 Å². The molecule has 0 aromatic heterocycles. The van der Waals surface area contributed by atoms with Gasteiger partial charge in [-0.3, -0.25) is 9.79 Å². The molecule has 9 heteroatoms. The average Bonchev–Trinajstić information content (AvgIpc) is 3.35. The van der Waals surface area contributed by atoms with Gasteiger partial charge in [-0.2, -0.15) is 0 Å². The van der Waals surface area contributed by atoms with E-state index in [1.54, 1.807) is 30.9 Å². The highest BCUT2D eigenvalue weighted by Crippen LogP contribution is 2.39. The maximum atomic E-state index is 14.1. The summed E-state index contributed by atoms with van der Waals surface area (Å²) in [7, 11) is 5.28. The number of para-hydroxylation sites is 1. The van der Waals surface area contributed by atoms with Crippen LogP contribution in [-0.2, 0) is 4.79 Å². The summed E-state index contributed by atoms with van der Waals surface area (Å²) in [5.74, 6) is -0.319. The van der Waals surface area contributed by atoms with Crippen molar-refractivity contribution in [2.75, 3.05) is 45.7 Å². The van der Waals surface area contributed by atoms with Gasteiger partial charge in [-0.1, -0.05) is 18.9 Å². The molecule has 1 aromatic rings. The summed E-state index contributed by atoms with van der Waals surface area (Å²) in [5.41, 5.74) is -0.361. The number of aliphatic imine (C=N–C) groups is 1. The summed E-state index contributed by atoms with van der Waals surface area (Å²) >= 11 is 0. The second-order valence-electron chi connectivity index (χ2n) is 8.26. The van der Waals surface area contributed by atoms with E-state index in [9.17, 15) is 13.6 Å². The summed E-state index contributed by atoms with van der Waals surface area (Å²) < 4.78 is 28.1. The molecule has 1 aliphatic heterocycles. The molecule has 1 unspecified atom stereocenters. The fourth-order valence-corrected chi connectivity index (χ4v) is 4.51. The fraction of sp³-hybridized carbons (Fsp3) is 0.619. The van der Waals surface area contributed by atoms with E-state index in [-0.39, 0.29) is 47.0 Å².